The van der Waals surface area contributed by atoms with Crippen LogP contribution in [0.15, 0.2) is 0 Å². The van der Waals surface area contributed by atoms with Crippen molar-refractivity contribution in [2.45, 2.75) is 44.9 Å². The normalized spacial score (nSPS) is 40.9. The lowest BCUT2D eigenvalue weighted by Crippen LogP contribution is -2.30. The average Bonchev–Trinajstić information content (AvgIpc) is 2.98. The van der Waals surface area contributed by atoms with Crippen LogP contribution < -0.4 is 5.32 Å². The lowest BCUT2D eigenvalue weighted by atomic mass is 9.89. The van der Waals surface area contributed by atoms with E-state index in [-0.39, 0.29) is 0 Å². The van der Waals surface area contributed by atoms with Gasteiger partial charge in [0, 0.05) is 13.2 Å². The van der Waals surface area contributed by atoms with Crippen LogP contribution in [0.3, 0.4) is 0 Å². The molecule has 0 amide bonds. The highest BCUT2D eigenvalue weighted by atomic mass is 16.5. The van der Waals surface area contributed by atoms with Gasteiger partial charge in [-0.2, -0.15) is 0 Å². The number of fused-ring (bicyclic) bond motifs is 2. The zero-order chi connectivity index (χ0) is 11.5. The molecule has 4 unspecified atom stereocenters. The van der Waals surface area contributed by atoms with Gasteiger partial charge in [0.25, 0.3) is 0 Å². The van der Waals surface area contributed by atoms with Gasteiger partial charge in [-0.15, -0.1) is 0 Å². The van der Waals surface area contributed by atoms with E-state index in [4.69, 9.17) is 4.74 Å². The average molecular weight is 237 g/mol. The minimum absolute atomic E-state index is 0.878. The first-order valence-corrected chi connectivity index (χ1v) is 7.70. The second-order valence-corrected chi connectivity index (χ2v) is 6.51. The van der Waals surface area contributed by atoms with Gasteiger partial charge in [0.05, 0.1) is 0 Å². The van der Waals surface area contributed by atoms with Gasteiger partial charge in [-0.1, -0.05) is 6.42 Å². The lowest BCUT2D eigenvalue weighted by molar-refractivity contribution is 0.0677. The maximum Gasteiger partial charge on any atom is 0.0497 e. The van der Waals surface area contributed by atoms with Crippen molar-refractivity contribution in [3.05, 3.63) is 0 Å². The van der Waals surface area contributed by atoms with E-state index in [9.17, 15) is 0 Å². The molecule has 0 spiro atoms. The topological polar surface area (TPSA) is 21.3 Å². The molecule has 2 bridgehead atoms. The van der Waals surface area contributed by atoms with Crippen LogP contribution in [0.4, 0.5) is 0 Å². The summed E-state index contributed by atoms with van der Waals surface area (Å²) in [5, 5.41) is 3.48. The minimum atomic E-state index is 0.878. The van der Waals surface area contributed by atoms with Crippen molar-refractivity contribution in [2.75, 3.05) is 26.3 Å². The second-order valence-electron chi connectivity index (χ2n) is 6.51. The molecule has 0 aromatic rings. The van der Waals surface area contributed by atoms with Crippen LogP contribution in [0.25, 0.3) is 0 Å². The van der Waals surface area contributed by atoms with Gasteiger partial charge < -0.3 is 10.1 Å². The molecule has 0 radical (unpaired) electrons. The Kier molecular flexibility index (Phi) is 4.02. The molecule has 4 atom stereocenters. The van der Waals surface area contributed by atoms with Crippen molar-refractivity contribution in [3.8, 4) is 0 Å². The Morgan fingerprint density at radius 2 is 2.12 bits per heavy atom. The van der Waals surface area contributed by atoms with Crippen molar-refractivity contribution >= 4 is 0 Å². The van der Waals surface area contributed by atoms with Gasteiger partial charge in [0.15, 0.2) is 0 Å². The monoisotopic (exact) mass is 237 g/mol. The standard InChI is InChI=1S/C15H27NO/c1-2-12(10-16-6-1)5-7-17-11-15-9-13-3-4-14(15)8-13/h12-16H,1-11H2. The molecular weight excluding hydrogens is 210 g/mol. The number of hydrogen-bond donors (Lipinski definition) is 1. The summed E-state index contributed by atoms with van der Waals surface area (Å²) >= 11 is 0. The van der Waals surface area contributed by atoms with Crippen LogP contribution in [-0.4, -0.2) is 26.3 Å². The summed E-state index contributed by atoms with van der Waals surface area (Å²) in [5.74, 6) is 3.88. The summed E-state index contributed by atoms with van der Waals surface area (Å²) in [6.45, 7) is 4.50. The zero-order valence-corrected chi connectivity index (χ0v) is 11.0. The largest absolute Gasteiger partial charge is 0.381 e. The van der Waals surface area contributed by atoms with Crippen LogP contribution in [0.1, 0.15) is 44.9 Å². The van der Waals surface area contributed by atoms with E-state index < -0.39 is 0 Å². The van der Waals surface area contributed by atoms with Crippen molar-refractivity contribution in [3.63, 3.8) is 0 Å². The van der Waals surface area contributed by atoms with E-state index in [1.165, 1.54) is 58.0 Å². The highest BCUT2D eigenvalue weighted by molar-refractivity contribution is 4.89. The van der Waals surface area contributed by atoms with Crippen LogP contribution in [0.2, 0.25) is 0 Å². The molecule has 0 aromatic carbocycles. The molecule has 1 heterocycles. The van der Waals surface area contributed by atoms with Crippen LogP contribution in [0, 0.1) is 23.7 Å². The molecule has 2 saturated carbocycles. The summed E-state index contributed by atoms with van der Waals surface area (Å²) < 4.78 is 5.95. The maximum atomic E-state index is 5.95. The SMILES string of the molecule is C1CNCC(CCOCC2CC3CCC2C3)C1. The number of rotatable bonds is 5. The van der Waals surface area contributed by atoms with Gasteiger partial charge in [-0.25, -0.2) is 0 Å². The summed E-state index contributed by atoms with van der Waals surface area (Å²) in [7, 11) is 0. The first-order chi connectivity index (χ1) is 8.42. The van der Waals surface area contributed by atoms with Crippen LogP contribution >= 0.6 is 0 Å². The predicted molar refractivity (Wildman–Crippen MR) is 70.0 cm³/mol. The molecule has 1 N–H and O–H groups in total. The van der Waals surface area contributed by atoms with E-state index in [2.05, 4.69) is 5.32 Å². The van der Waals surface area contributed by atoms with Crippen LogP contribution in [-0.2, 0) is 4.74 Å². The summed E-state index contributed by atoms with van der Waals surface area (Å²) in [6, 6.07) is 0. The van der Waals surface area contributed by atoms with Gasteiger partial charge in [0.2, 0.25) is 0 Å². The fraction of sp³-hybridized carbons (Fsp3) is 1.00. The lowest BCUT2D eigenvalue weighted by Gasteiger charge is -2.24. The fourth-order valence-electron chi connectivity index (χ4n) is 4.24. The van der Waals surface area contributed by atoms with Crippen molar-refractivity contribution in [1.82, 2.24) is 5.32 Å². The van der Waals surface area contributed by atoms with E-state index in [0.717, 1.165) is 36.9 Å². The molecule has 3 fully saturated rings. The smallest absolute Gasteiger partial charge is 0.0497 e. The Morgan fingerprint density at radius 1 is 1.12 bits per heavy atom. The summed E-state index contributed by atoms with van der Waals surface area (Å²) in [6.07, 6.45) is 10.0. The van der Waals surface area contributed by atoms with Crippen LogP contribution in [0.5, 0.6) is 0 Å². The molecule has 0 aromatic heterocycles. The molecule has 1 aliphatic heterocycles. The maximum absolute atomic E-state index is 5.95. The van der Waals surface area contributed by atoms with Gasteiger partial charge in [-0.05, 0) is 75.3 Å². The van der Waals surface area contributed by atoms with Crippen molar-refractivity contribution < 1.29 is 4.74 Å². The van der Waals surface area contributed by atoms with E-state index >= 15 is 0 Å². The third kappa shape index (κ3) is 3.03. The Labute approximate surface area is 105 Å². The second kappa shape index (κ2) is 5.71. The first-order valence-electron chi connectivity index (χ1n) is 7.70. The van der Waals surface area contributed by atoms with E-state index in [1.807, 2.05) is 0 Å². The molecule has 3 rings (SSSR count). The highest BCUT2D eigenvalue weighted by Gasteiger charge is 2.39. The zero-order valence-electron chi connectivity index (χ0n) is 11.0. The van der Waals surface area contributed by atoms with E-state index in [1.54, 1.807) is 0 Å². The van der Waals surface area contributed by atoms with Gasteiger partial charge in [0.1, 0.15) is 0 Å². The number of piperidine rings is 1. The Hall–Kier alpha value is -0.0800. The molecule has 2 aliphatic carbocycles. The molecular formula is C15H27NO. The minimum Gasteiger partial charge on any atom is -0.381 e. The van der Waals surface area contributed by atoms with Gasteiger partial charge in [-0.3, -0.25) is 0 Å². The van der Waals surface area contributed by atoms with Gasteiger partial charge >= 0.3 is 0 Å². The molecule has 1 saturated heterocycles. The fourth-order valence-corrected chi connectivity index (χ4v) is 4.24. The first kappa shape index (κ1) is 12.0. The van der Waals surface area contributed by atoms with Crippen molar-refractivity contribution in [1.29, 1.82) is 0 Å². The number of nitrogens with one attached hydrogen (secondary N) is 1. The molecule has 3 aliphatic rings. The van der Waals surface area contributed by atoms with Crippen molar-refractivity contribution in [2.24, 2.45) is 23.7 Å². The Bertz CT molecular complexity index is 237. The molecule has 98 valence electrons. The number of hydrogen-bond acceptors (Lipinski definition) is 2. The third-order valence-electron chi connectivity index (χ3n) is 5.29. The third-order valence-corrected chi connectivity index (χ3v) is 5.29. The van der Waals surface area contributed by atoms with E-state index in [0.29, 0.717) is 0 Å². The molecule has 2 nitrogen and oxygen atoms in total. The number of ether oxygens (including phenoxy) is 1. The molecule has 2 heteroatoms. The Morgan fingerprint density at radius 3 is 2.82 bits per heavy atom. The Balaban J connectivity index is 1.28. The molecule has 17 heavy (non-hydrogen) atoms. The highest BCUT2D eigenvalue weighted by Crippen LogP contribution is 2.48. The summed E-state index contributed by atoms with van der Waals surface area (Å²) in [5.41, 5.74) is 0. The summed E-state index contributed by atoms with van der Waals surface area (Å²) in [4.78, 5) is 0. The predicted octanol–water partition coefficient (Wildman–Crippen LogP) is 2.83. The quantitative estimate of drug-likeness (QED) is 0.742.